The standard InChI is InChI=1S/C20H23N3O2/c1-15(17-13-22-23(2)14-17)21-12-16-8-10-18(11-9-16)25-20-7-5-4-6-19(20)24-3/h4-11,13-15,21H,12H2,1-3H3/t15-/m1/s1. The molecule has 0 bridgehead atoms. The van der Waals surface area contributed by atoms with Gasteiger partial charge < -0.3 is 14.8 Å². The maximum atomic E-state index is 5.90. The van der Waals surface area contributed by atoms with Crippen LogP contribution in [0.2, 0.25) is 0 Å². The van der Waals surface area contributed by atoms with Gasteiger partial charge in [0, 0.05) is 31.4 Å². The first-order chi connectivity index (χ1) is 12.2. The highest BCUT2D eigenvalue weighted by atomic mass is 16.5. The highest BCUT2D eigenvalue weighted by Crippen LogP contribution is 2.30. The lowest BCUT2D eigenvalue weighted by Gasteiger charge is -2.13. The van der Waals surface area contributed by atoms with Crippen molar-refractivity contribution in [2.75, 3.05) is 7.11 Å². The van der Waals surface area contributed by atoms with E-state index < -0.39 is 0 Å². The van der Waals surface area contributed by atoms with Crippen molar-refractivity contribution in [2.45, 2.75) is 19.5 Å². The van der Waals surface area contributed by atoms with Crippen molar-refractivity contribution in [1.29, 1.82) is 0 Å². The highest BCUT2D eigenvalue weighted by molar-refractivity contribution is 5.43. The number of methoxy groups -OCH3 is 1. The summed E-state index contributed by atoms with van der Waals surface area (Å²) in [6.45, 7) is 2.92. The molecule has 2 aromatic carbocycles. The summed E-state index contributed by atoms with van der Waals surface area (Å²) in [7, 11) is 3.57. The molecule has 0 aliphatic carbocycles. The molecule has 5 nitrogen and oxygen atoms in total. The SMILES string of the molecule is COc1ccccc1Oc1ccc(CN[C@H](C)c2cnn(C)c2)cc1. The minimum Gasteiger partial charge on any atom is -0.493 e. The monoisotopic (exact) mass is 337 g/mol. The number of nitrogens with zero attached hydrogens (tertiary/aromatic N) is 2. The number of hydrogen-bond acceptors (Lipinski definition) is 4. The van der Waals surface area contributed by atoms with Gasteiger partial charge >= 0.3 is 0 Å². The summed E-state index contributed by atoms with van der Waals surface area (Å²) in [5.74, 6) is 2.22. The molecule has 1 N–H and O–H groups in total. The number of para-hydroxylation sites is 2. The quantitative estimate of drug-likeness (QED) is 0.706. The zero-order valence-electron chi connectivity index (χ0n) is 14.8. The number of nitrogens with one attached hydrogen (secondary N) is 1. The van der Waals surface area contributed by atoms with Gasteiger partial charge in [-0.3, -0.25) is 4.68 Å². The van der Waals surface area contributed by atoms with Crippen LogP contribution in [-0.4, -0.2) is 16.9 Å². The molecule has 130 valence electrons. The van der Waals surface area contributed by atoms with Crippen LogP contribution in [0.3, 0.4) is 0 Å². The van der Waals surface area contributed by atoms with Crippen molar-refractivity contribution >= 4 is 0 Å². The van der Waals surface area contributed by atoms with E-state index in [9.17, 15) is 0 Å². The number of ether oxygens (including phenoxy) is 2. The summed E-state index contributed by atoms with van der Waals surface area (Å²) < 4.78 is 13.0. The maximum Gasteiger partial charge on any atom is 0.169 e. The molecule has 3 aromatic rings. The third kappa shape index (κ3) is 4.39. The van der Waals surface area contributed by atoms with Gasteiger partial charge in [0.25, 0.3) is 0 Å². The molecule has 0 radical (unpaired) electrons. The second-order valence-electron chi connectivity index (χ2n) is 5.95. The number of aromatic nitrogens is 2. The average molecular weight is 337 g/mol. The van der Waals surface area contributed by atoms with Crippen LogP contribution in [0.25, 0.3) is 0 Å². The number of aryl methyl sites for hydroxylation is 1. The Bertz CT molecular complexity index is 812. The summed E-state index contributed by atoms with van der Waals surface area (Å²) in [5.41, 5.74) is 2.38. The van der Waals surface area contributed by atoms with Crippen molar-refractivity contribution in [3.8, 4) is 17.2 Å². The van der Waals surface area contributed by atoms with E-state index in [-0.39, 0.29) is 6.04 Å². The third-order valence-electron chi connectivity index (χ3n) is 4.06. The molecule has 0 spiro atoms. The Kier molecular flexibility index (Phi) is 5.36. The normalized spacial score (nSPS) is 12.0. The molecular weight excluding hydrogens is 314 g/mol. The Labute approximate surface area is 148 Å². The fourth-order valence-electron chi connectivity index (χ4n) is 2.56. The molecule has 25 heavy (non-hydrogen) atoms. The van der Waals surface area contributed by atoms with Crippen molar-refractivity contribution in [3.05, 3.63) is 72.1 Å². The largest absolute Gasteiger partial charge is 0.493 e. The van der Waals surface area contributed by atoms with Crippen molar-refractivity contribution in [3.63, 3.8) is 0 Å². The van der Waals surface area contributed by atoms with Crippen LogP contribution in [0.4, 0.5) is 0 Å². The summed E-state index contributed by atoms with van der Waals surface area (Å²) >= 11 is 0. The minimum absolute atomic E-state index is 0.248. The van der Waals surface area contributed by atoms with Crippen LogP contribution < -0.4 is 14.8 Å². The molecule has 1 heterocycles. The first-order valence-corrected chi connectivity index (χ1v) is 8.27. The van der Waals surface area contributed by atoms with Gasteiger partial charge in [0.05, 0.1) is 13.3 Å². The van der Waals surface area contributed by atoms with Gasteiger partial charge in [-0.25, -0.2) is 0 Å². The predicted octanol–water partition coefficient (Wildman–Crippen LogP) is 4.07. The molecule has 0 amide bonds. The van der Waals surface area contributed by atoms with Gasteiger partial charge in [0.1, 0.15) is 5.75 Å². The number of hydrogen-bond donors (Lipinski definition) is 1. The second kappa shape index (κ2) is 7.85. The van der Waals surface area contributed by atoms with E-state index in [1.54, 1.807) is 7.11 Å². The van der Waals surface area contributed by atoms with Crippen LogP contribution in [0, 0.1) is 0 Å². The fraction of sp³-hybridized carbons (Fsp3) is 0.250. The Morgan fingerprint density at radius 3 is 2.44 bits per heavy atom. The molecular formula is C20H23N3O2. The molecule has 0 saturated heterocycles. The van der Waals surface area contributed by atoms with Gasteiger partial charge in [-0.15, -0.1) is 0 Å². The number of benzene rings is 2. The van der Waals surface area contributed by atoms with Gasteiger partial charge in [0.15, 0.2) is 11.5 Å². The summed E-state index contributed by atoms with van der Waals surface area (Å²) in [6.07, 6.45) is 3.92. The molecule has 0 unspecified atom stereocenters. The molecule has 0 fully saturated rings. The van der Waals surface area contributed by atoms with Crippen LogP contribution in [0.1, 0.15) is 24.1 Å². The molecule has 0 saturated carbocycles. The molecule has 3 rings (SSSR count). The van der Waals surface area contributed by atoms with Gasteiger partial charge in [-0.05, 0) is 36.8 Å². The van der Waals surface area contributed by atoms with Crippen LogP contribution in [-0.2, 0) is 13.6 Å². The van der Waals surface area contributed by atoms with E-state index in [1.807, 2.05) is 60.5 Å². The molecule has 5 heteroatoms. The molecule has 1 aromatic heterocycles. The zero-order valence-corrected chi connectivity index (χ0v) is 14.8. The summed E-state index contributed by atoms with van der Waals surface area (Å²) in [6, 6.07) is 15.9. The van der Waals surface area contributed by atoms with Crippen LogP contribution >= 0.6 is 0 Å². The summed E-state index contributed by atoms with van der Waals surface area (Å²) in [5, 5.41) is 7.71. The lowest BCUT2D eigenvalue weighted by molar-refractivity contribution is 0.379. The van der Waals surface area contributed by atoms with E-state index in [0.29, 0.717) is 5.75 Å². The third-order valence-corrected chi connectivity index (χ3v) is 4.06. The number of rotatable bonds is 7. The first-order valence-electron chi connectivity index (χ1n) is 8.27. The van der Waals surface area contributed by atoms with E-state index in [0.717, 1.165) is 18.0 Å². The lowest BCUT2D eigenvalue weighted by Crippen LogP contribution is -2.17. The van der Waals surface area contributed by atoms with E-state index >= 15 is 0 Å². The second-order valence-corrected chi connectivity index (χ2v) is 5.95. The predicted molar refractivity (Wildman–Crippen MR) is 98.0 cm³/mol. The average Bonchev–Trinajstić information content (AvgIpc) is 3.08. The zero-order chi connectivity index (χ0) is 17.6. The van der Waals surface area contributed by atoms with Crippen molar-refractivity contribution in [2.24, 2.45) is 7.05 Å². The first kappa shape index (κ1) is 17.0. The highest BCUT2D eigenvalue weighted by Gasteiger charge is 2.07. The fourth-order valence-corrected chi connectivity index (χ4v) is 2.56. The molecule has 0 aliphatic heterocycles. The lowest BCUT2D eigenvalue weighted by atomic mass is 10.1. The van der Waals surface area contributed by atoms with Gasteiger partial charge in [0.2, 0.25) is 0 Å². The van der Waals surface area contributed by atoms with Crippen LogP contribution in [0.5, 0.6) is 17.2 Å². The minimum atomic E-state index is 0.248. The van der Waals surface area contributed by atoms with Crippen molar-refractivity contribution in [1.82, 2.24) is 15.1 Å². The Morgan fingerprint density at radius 2 is 1.80 bits per heavy atom. The Balaban J connectivity index is 1.58. The maximum absolute atomic E-state index is 5.90. The Morgan fingerprint density at radius 1 is 1.08 bits per heavy atom. The van der Waals surface area contributed by atoms with E-state index in [1.165, 1.54) is 11.1 Å². The van der Waals surface area contributed by atoms with Crippen LogP contribution in [0.15, 0.2) is 60.9 Å². The Hall–Kier alpha value is -2.79. The van der Waals surface area contributed by atoms with Crippen molar-refractivity contribution < 1.29 is 9.47 Å². The van der Waals surface area contributed by atoms with Gasteiger partial charge in [-0.2, -0.15) is 5.10 Å². The van der Waals surface area contributed by atoms with Gasteiger partial charge in [-0.1, -0.05) is 24.3 Å². The van der Waals surface area contributed by atoms with E-state index in [4.69, 9.17) is 9.47 Å². The topological polar surface area (TPSA) is 48.3 Å². The molecule has 0 aliphatic rings. The van der Waals surface area contributed by atoms with E-state index in [2.05, 4.69) is 29.5 Å². The summed E-state index contributed by atoms with van der Waals surface area (Å²) in [4.78, 5) is 0. The molecule has 1 atom stereocenters. The smallest absolute Gasteiger partial charge is 0.169 e.